The molecule has 2 N–H and O–H groups in total. The van der Waals surface area contributed by atoms with Crippen molar-refractivity contribution in [1.82, 2.24) is 15.0 Å². The first-order valence-electron chi connectivity index (χ1n) is 9.17. The molecular formula is C19H19N5O3S2. The zero-order valence-electron chi connectivity index (χ0n) is 15.9. The molecule has 0 saturated carbocycles. The van der Waals surface area contributed by atoms with E-state index in [0.29, 0.717) is 34.8 Å². The zero-order valence-corrected chi connectivity index (χ0v) is 17.5. The molecule has 1 unspecified atom stereocenters. The Balaban J connectivity index is 1.42. The van der Waals surface area contributed by atoms with E-state index in [1.807, 2.05) is 25.1 Å². The molecule has 0 aromatic carbocycles. The van der Waals surface area contributed by atoms with Crippen LogP contribution in [0, 0.1) is 6.92 Å². The summed E-state index contributed by atoms with van der Waals surface area (Å²) in [5, 5.41) is 8.61. The second kappa shape index (κ2) is 8.26. The lowest BCUT2D eigenvalue weighted by atomic mass is 10.1. The molecule has 4 rings (SSSR count). The molecule has 0 spiro atoms. The van der Waals surface area contributed by atoms with Crippen LogP contribution in [-0.4, -0.2) is 33.4 Å². The van der Waals surface area contributed by atoms with Crippen molar-refractivity contribution >= 4 is 50.6 Å². The lowest BCUT2D eigenvalue weighted by Gasteiger charge is -2.07. The largest absolute Gasteiger partial charge is 0.465 e. The van der Waals surface area contributed by atoms with Gasteiger partial charge in [0, 0.05) is 16.0 Å². The summed E-state index contributed by atoms with van der Waals surface area (Å²) in [4.78, 5) is 38.8. The van der Waals surface area contributed by atoms with Crippen LogP contribution in [0.15, 0.2) is 23.6 Å². The number of hydrogen-bond acceptors (Lipinski definition) is 9. The number of pyridine rings is 1. The minimum Gasteiger partial charge on any atom is -0.465 e. The van der Waals surface area contributed by atoms with Gasteiger partial charge in [-0.1, -0.05) is 6.07 Å². The molecule has 0 radical (unpaired) electrons. The fourth-order valence-electron chi connectivity index (χ4n) is 3.07. The standard InChI is InChI=1S/C19H19N5O3S2/c1-3-27-17(26)11-7-8-13-15(11)23-19(29-13)24-16(25)12-9-28-18(21-12)22-14-6-4-5-10(2)20-14/h4-6,9,11H,3,7-8H2,1-2H3,(H,20,21,22)(H,23,24,25). The molecule has 1 aliphatic carbocycles. The number of carbonyl (C=O) groups is 2. The minimum atomic E-state index is -0.344. The Bertz CT molecular complexity index is 1060. The first kappa shape index (κ1) is 19.5. The summed E-state index contributed by atoms with van der Waals surface area (Å²) in [6.07, 6.45) is 1.47. The van der Waals surface area contributed by atoms with Crippen molar-refractivity contribution in [2.24, 2.45) is 0 Å². The van der Waals surface area contributed by atoms with E-state index < -0.39 is 0 Å². The first-order valence-corrected chi connectivity index (χ1v) is 10.9. The van der Waals surface area contributed by atoms with Crippen molar-refractivity contribution < 1.29 is 14.3 Å². The van der Waals surface area contributed by atoms with Crippen LogP contribution < -0.4 is 10.6 Å². The Hall–Kier alpha value is -2.85. The molecule has 3 aromatic rings. The summed E-state index contributed by atoms with van der Waals surface area (Å²) in [5.74, 6) is -0.266. The molecular weight excluding hydrogens is 410 g/mol. The number of nitrogens with one attached hydrogen (secondary N) is 2. The number of anilines is 3. The maximum atomic E-state index is 12.5. The molecule has 29 heavy (non-hydrogen) atoms. The predicted octanol–water partition coefficient (Wildman–Crippen LogP) is 3.89. The highest BCUT2D eigenvalue weighted by Crippen LogP contribution is 2.39. The number of esters is 1. The Morgan fingerprint density at radius 3 is 2.90 bits per heavy atom. The Morgan fingerprint density at radius 1 is 1.24 bits per heavy atom. The minimum absolute atomic E-state index is 0.255. The molecule has 1 atom stereocenters. The van der Waals surface area contributed by atoms with Gasteiger partial charge < -0.3 is 10.1 Å². The van der Waals surface area contributed by atoms with E-state index in [-0.39, 0.29) is 17.8 Å². The highest BCUT2D eigenvalue weighted by molar-refractivity contribution is 7.16. The van der Waals surface area contributed by atoms with Gasteiger partial charge >= 0.3 is 5.97 Å². The van der Waals surface area contributed by atoms with Gasteiger partial charge in [-0.2, -0.15) is 0 Å². The third-order valence-electron chi connectivity index (χ3n) is 4.37. The third kappa shape index (κ3) is 4.28. The van der Waals surface area contributed by atoms with Crippen molar-refractivity contribution in [2.45, 2.75) is 32.6 Å². The number of carbonyl (C=O) groups excluding carboxylic acids is 2. The van der Waals surface area contributed by atoms with Gasteiger partial charge in [-0.25, -0.2) is 15.0 Å². The molecule has 8 nitrogen and oxygen atoms in total. The molecule has 10 heteroatoms. The van der Waals surface area contributed by atoms with Crippen LogP contribution in [0.2, 0.25) is 0 Å². The Labute approximate surface area is 175 Å². The van der Waals surface area contributed by atoms with Crippen molar-refractivity contribution in [3.8, 4) is 0 Å². The molecule has 0 aliphatic heterocycles. The van der Waals surface area contributed by atoms with Gasteiger partial charge in [0.1, 0.15) is 17.4 Å². The highest BCUT2D eigenvalue weighted by atomic mass is 32.1. The fraction of sp³-hybridized carbons (Fsp3) is 0.316. The first-order chi connectivity index (χ1) is 14.0. The third-order valence-corrected chi connectivity index (χ3v) is 6.17. The van der Waals surface area contributed by atoms with Crippen LogP contribution >= 0.6 is 22.7 Å². The van der Waals surface area contributed by atoms with Gasteiger partial charge in [-0.15, -0.1) is 22.7 Å². The Morgan fingerprint density at radius 2 is 2.10 bits per heavy atom. The monoisotopic (exact) mass is 429 g/mol. The number of aryl methyl sites for hydroxylation is 2. The second-order valence-electron chi connectivity index (χ2n) is 6.45. The average Bonchev–Trinajstić information content (AvgIpc) is 3.37. The van der Waals surface area contributed by atoms with E-state index in [1.165, 1.54) is 22.7 Å². The summed E-state index contributed by atoms with van der Waals surface area (Å²) < 4.78 is 5.12. The van der Waals surface area contributed by atoms with E-state index in [4.69, 9.17) is 4.74 Å². The molecule has 3 aromatic heterocycles. The number of ether oxygens (including phenoxy) is 1. The van der Waals surface area contributed by atoms with Gasteiger partial charge in [0.25, 0.3) is 5.91 Å². The van der Waals surface area contributed by atoms with Gasteiger partial charge in [0.2, 0.25) is 0 Å². The number of amides is 1. The van der Waals surface area contributed by atoms with Crippen LogP contribution in [0.3, 0.4) is 0 Å². The molecule has 150 valence electrons. The topological polar surface area (TPSA) is 106 Å². The second-order valence-corrected chi connectivity index (χ2v) is 8.39. The SMILES string of the molecule is CCOC(=O)C1CCc2sc(NC(=O)c3csc(Nc4cccc(C)n4)n3)nc21. The van der Waals surface area contributed by atoms with Crippen molar-refractivity contribution in [3.63, 3.8) is 0 Å². The Kier molecular flexibility index (Phi) is 5.54. The lowest BCUT2D eigenvalue weighted by Crippen LogP contribution is -2.15. The van der Waals surface area contributed by atoms with E-state index in [1.54, 1.807) is 12.3 Å². The zero-order chi connectivity index (χ0) is 20.4. The van der Waals surface area contributed by atoms with E-state index in [9.17, 15) is 9.59 Å². The van der Waals surface area contributed by atoms with Crippen LogP contribution in [0.25, 0.3) is 0 Å². The molecule has 0 saturated heterocycles. The smallest absolute Gasteiger partial charge is 0.315 e. The van der Waals surface area contributed by atoms with Crippen LogP contribution in [-0.2, 0) is 16.0 Å². The predicted molar refractivity (Wildman–Crippen MR) is 112 cm³/mol. The number of aromatic nitrogens is 3. The molecule has 0 bridgehead atoms. The maximum Gasteiger partial charge on any atom is 0.315 e. The number of hydrogen-bond donors (Lipinski definition) is 2. The number of thiazole rings is 2. The van der Waals surface area contributed by atoms with Crippen molar-refractivity contribution in [2.75, 3.05) is 17.2 Å². The van der Waals surface area contributed by atoms with Crippen molar-refractivity contribution in [3.05, 3.63) is 45.5 Å². The van der Waals surface area contributed by atoms with E-state index in [2.05, 4.69) is 25.6 Å². The van der Waals surface area contributed by atoms with E-state index in [0.717, 1.165) is 22.7 Å². The summed E-state index contributed by atoms with van der Waals surface area (Å²) in [7, 11) is 0. The fourth-order valence-corrected chi connectivity index (χ4v) is 4.80. The van der Waals surface area contributed by atoms with Crippen molar-refractivity contribution in [1.29, 1.82) is 0 Å². The maximum absolute atomic E-state index is 12.5. The van der Waals surface area contributed by atoms with Gasteiger partial charge in [-0.3, -0.25) is 14.9 Å². The van der Waals surface area contributed by atoms with Crippen LogP contribution in [0.5, 0.6) is 0 Å². The summed E-state index contributed by atoms with van der Waals surface area (Å²) in [6, 6.07) is 5.64. The van der Waals surface area contributed by atoms with E-state index >= 15 is 0 Å². The number of rotatable bonds is 6. The lowest BCUT2D eigenvalue weighted by molar-refractivity contribution is -0.145. The molecule has 0 fully saturated rings. The molecule has 1 amide bonds. The van der Waals surface area contributed by atoms with Gasteiger partial charge in [-0.05, 0) is 38.8 Å². The highest BCUT2D eigenvalue weighted by Gasteiger charge is 2.33. The quantitative estimate of drug-likeness (QED) is 0.573. The van der Waals surface area contributed by atoms with Crippen LogP contribution in [0.1, 0.15) is 46.0 Å². The molecule has 1 aliphatic rings. The normalized spacial score (nSPS) is 15.0. The van der Waals surface area contributed by atoms with Gasteiger partial charge in [0.15, 0.2) is 10.3 Å². The van der Waals surface area contributed by atoms with Crippen LogP contribution in [0.4, 0.5) is 16.1 Å². The molecule has 3 heterocycles. The summed E-state index contributed by atoms with van der Waals surface area (Å²) in [6.45, 7) is 4.03. The summed E-state index contributed by atoms with van der Waals surface area (Å²) >= 11 is 2.72. The van der Waals surface area contributed by atoms with Gasteiger partial charge in [0.05, 0.1) is 12.3 Å². The summed E-state index contributed by atoms with van der Waals surface area (Å²) in [5.41, 5.74) is 1.90. The average molecular weight is 430 g/mol. The number of nitrogens with zero attached hydrogens (tertiary/aromatic N) is 3. The number of fused-ring (bicyclic) bond motifs is 1.